The molecule has 156 valence electrons. The number of halogens is 1. The summed E-state index contributed by atoms with van der Waals surface area (Å²) >= 11 is 3.48. The highest BCUT2D eigenvalue weighted by Crippen LogP contribution is 2.24. The smallest absolute Gasteiger partial charge is 0.238 e. The highest BCUT2D eigenvalue weighted by Gasteiger charge is 2.23. The largest absolute Gasteiger partial charge is 0.371 e. The minimum atomic E-state index is -3.69. The fraction of sp³-hybridized carbons (Fsp3) is 0.350. The number of sulfonamides is 1. The van der Waals surface area contributed by atoms with Crippen molar-refractivity contribution in [1.82, 2.24) is 10.2 Å². The number of carbonyl (C=O) groups is 1. The van der Waals surface area contributed by atoms with Crippen molar-refractivity contribution in [2.75, 3.05) is 32.8 Å². The van der Waals surface area contributed by atoms with Crippen LogP contribution in [0.2, 0.25) is 0 Å². The summed E-state index contributed by atoms with van der Waals surface area (Å²) in [5, 5.41) is 8.00. The van der Waals surface area contributed by atoms with Crippen molar-refractivity contribution >= 4 is 31.9 Å². The predicted molar refractivity (Wildman–Crippen MR) is 114 cm³/mol. The van der Waals surface area contributed by atoms with Gasteiger partial charge in [0.05, 0.1) is 24.2 Å². The van der Waals surface area contributed by atoms with Crippen LogP contribution in [0.15, 0.2) is 57.9 Å². The van der Waals surface area contributed by atoms with Gasteiger partial charge < -0.3 is 10.1 Å². The van der Waals surface area contributed by atoms with Crippen LogP contribution in [0.3, 0.4) is 0 Å². The molecule has 1 unspecified atom stereocenters. The molecule has 2 aromatic carbocycles. The van der Waals surface area contributed by atoms with Gasteiger partial charge in [-0.1, -0.05) is 40.2 Å². The summed E-state index contributed by atoms with van der Waals surface area (Å²) in [6, 6.07) is 14.4. The van der Waals surface area contributed by atoms with Crippen LogP contribution in [-0.2, 0) is 26.0 Å². The van der Waals surface area contributed by atoms with Crippen LogP contribution in [0.4, 0.5) is 0 Å². The Morgan fingerprint density at radius 1 is 1.24 bits per heavy atom. The Morgan fingerprint density at radius 3 is 2.69 bits per heavy atom. The lowest BCUT2D eigenvalue weighted by molar-refractivity contribution is -0.124. The van der Waals surface area contributed by atoms with Gasteiger partial charge in [-0.15, -0.1) is 0 Å². The molecule has 1 heterocycles. The van der Waals surface area contributed by atoms with Gasteiger partial charge in [0.1, 0.15) is 0 Å². The van der Waals surface area contributed by atoms with Gasteiger partial charge in [0, 0.05) is 24.1 Å². The topological polar surface area (TPSA) is 102 Å². The number of morpholine rings is 1. The number of hydrogen-bond acceptors (Lipinski definition) is 5. The molecule has 1 aliphatic rings. The van der Waals surface area contributed by atoms with Crippen molar-refractivity contribution in [3.05, 3.63) is 64.1 Å². The normalized spacial score (nSPS) is 17.8. The molecule has 0 aromatic heterocycles. The van der Waals surface area contributed by atoms with Crippen LogP contribution in [0.5, 0.6) is 0 Å². The van der Waals surface area contributed by atoms with Gasteiger partial charge >= 0.3 is 0 Å². The summed E-state index contributed by atoms with van der Waals surface area (Å²) in [6.45, 7) is 2.76. The minimum Gasteiger partial charge on any atom is -0.371 e. The molecule has 1 fully saturated rings. The van der Waals surface area contributed by atoms with Crippen LogP contribution < -0.4 is 10.5 Å². The lowest BCUT2D eigenvalue weighted by atomic mass is 10.1. The van der Waals surface area contributed by atoms with Crippen LogP contribution in [0, 0.1) is 0 Å². The van der Waals surface area contributed by atoms with Gasteiger partial charge in [-0.25, -0.2) is 13.6 Å². The Balaban J connectivity index is 1.44. The van der Waals surface area contributed by atoms with Crippen LogP contribution >= 0.6 is 15.9 Å². The summed E-state index contributed by atoms with van der Waals surface area (Å²) in [5.41, 5.74) is 2.02. The molecular weight excluding hydrogens is 458 g/mol. The summed E-state index contributed by atoms with van der Waals surface area (Å²) in [5.74, 6) is -0.0407. The number of benzene rings is 2. The molecule has 1 atom stereocenters. The van der Waals surface area contributed by atoms with E-state index in [1.807, 2.05) is 24.3 Å². The van der Waals surface area contributed by atoms with Gasteiger partial charge in [0.2, 0.25) is 15.9 Å². The van der Waals surface area contributed by atoms with Gasteiger partial charge in [-0.05, 0) is 41.8 Å². The second-order valence-electron chi connectivity index (χ2n) is 6.94. The maximum Gasteiger partial charge on any atom is 0.238 e. The Morgan fingerprint density at radius 2 is 2.00 bits per heavy atom. The Labute approximate surface area is 179 Å². The highest BCUT2D eigenvalue weighted by molar-refractivity contribution is 9.10. The van der Waals surface area contributed by atoms with Crippen LogP contribution in [0.25, 0.3) is 0 Å². The Hall–Kier alpha value is -1.78. The van der Waals surface area contributed by atoms with E-state index >= 15 is 0 Å². The molecule has 1 amide bonds. The highest BCUT2D eigenvalue weighted by atomic mass is 79.9. The van der Waals surface area contributed by atoms with E-state index in [0.717, 1.165) is 15.6 Å². The van der Waals surface area contributed by atoms with Crippen molar-refractivity contribution < 1.29 is 17.9 Å². The molecule has 0 bridgehead atoms. The third-order valence-electron chi connectivity index (χ3n) is 4.73. The molecule has 0 aliphatic carbocycles. The zero-order valence-corrected chi connectivity index (χ0v) is 18.3. The molecule has 0 spiro atoms. The third-order valence-corrected chi connectivity index (χ3v) is 6.15. The molecular formula is C20H24BrN3O4S. The monoisotopic (exact) mass is 481 g/mol. The van der Waals surface area contributed by atoms with Gasteiger partial charge in [-0.2, -0.15) is 0 Å². The van der Waals surface area contributed by atoms with E-state index in [4.69, 9.17) is 9.88 Å². The zero-order chi connectivity index (χ0) is 20.9. The second kappa shape index (κ2) is 9.82. The first-order chi connectivity index (χ1) is 13.8. The number of nitrogens with zero attached hydrogens (tertiary/aromatic N) is 1. The summed E-state index contributed by atoms with van der Waals surface area (Å²) in [6.07, 6.45) is 0.562. The molecule has 1 aliphatic heterocycles. The lowest BCUT2D eigenvalue weighted by Gasteiger charge is -2.32. The van der Waals surface area contributed by atoms with Crippen molar-refractivity contribution in [1.29, 1.82) is 0 Å². The van der Waals surface area contributed by atoms with Crippen molar-refractivity contribution in [3.63, 3.8) is 0 Å². The predicted octanol–water partition coefficient (Wildman–Crippen LogP) is 1.83. The summed E-state index contributed by atoms with van der Waals surface area (Å²) in [7, 11) is -3.69. The fourth-order valence-electron chi connectivity index (χ4n) is 3.21. The summed E-state index contributed by atoms with van der Waals surface area (Å²) < 4.78 is 29.4. The molecule has 29 heavy (non-hydrogen) atoms. The lowest BCUT2D eigenvalue weighted by Crippen LogP contribution is -2.44. The average molecular weight is 482 g/mol. The average Bonchev–Trinajstić information content (AvgIpc) is 2.68. The van der Waals surface area contributed by atoms with E-state index < -0.39 is 10.0 Å². The first-order valence-electron chi connectivity index (χ1n) is 9.29. The van der Waals surface area contributed by atoms with E-state index in [-0.39, 0.29) is 16.9 Å². The Bertz CT molecular complexity index is 950. The number of primary sulfonamides is 1. The van der Waals surface area contributed by atoms with E-state index in [1.54, 1.807) is 12.1 Å². The quantitative estimate of drug-likeness (QED) is 0.627. The maximum atomic E-state index is 12.3. The third kappa shape index (κ3) is 6.61. The number of nitrogens with one attached hydrogen (secondary N) is 1. The summed E-state index contributed by atoms with van der Waals surface area (Å²) in [4.78, 5) is 14.5. The Kier molecular flexibility index (Phi) is 7.42. The van der Waals surface area contributed by atoms with E-state index in [2.05, 4.69) is 26.1 Å². The zero-order valence-electron chi connectivity index (χ0n) is 15.9. The number of nitrogens with two attached hydrogens (primary N) is 1. The number of amides is 1. The molecule has 2 aromatic rings. The molecule has 3 rings (SSSR count). The van der Waals surface area contributed by atoms with Crippen LogP contribution in [0.1, 0.15) is 17.2 Å². The van der Waals surface area contributed by atoms with E-state index in [9.17, 15) is 13.2 Å². The first-order valence-corrected chi connectivity index (χ1v) is 11.6. The molecule has 0 radical (unpaired) electrons. The number of ether oxygens (including phenoxy) is 1. The molecule has 9 heteroatoms. The number of hydrogen-bond donors (Lipinski definition) is 2. The molecule has 0 saturated carbocycles. The maximum absolute atomic E-state index is 12.3. The van der Waals surface area contributed by atoms with Crippen LogP contribution in [-0.4, -0.2) is 52.0 Å². The molecule has 1 saturated heterocycles. The molecule has 3 N–H and O–H groups in total. The van der Waals surface area contributed by atoms with E-state index in [0.29, 0.717) is 39.2 Å². The van der Waals surface area contributed by atoms with E-state index in [1.165, 1.54) is 12.1 Å². The van der Waals surface area contributed by atoms with Gasteiger partial charge in [0.15, 0.2) is 0 Å². The minimum absolute atomic E-state index is 0.0407. The fourth-order valence-corrected chi connectivity index (χ4v) is 4.14. The van der Waals surface area contributed by atoms with Crippen molar-refractivity contribution in [2.45, 2.75) is 17.4 Å². The first kappa shape index (κ1) is 21.9. The van der Waals surface area contributed by atoms with Crippen molar-refractivity contribution in [2.24, 2.45) is 5.14 Å². The number of carbonyl (C=O) groups excluding carboxylic acids is 1. The van der Waals surface area contributed by atoms with Crippen molar-refractivity contribution in [3.8, 4) is 0 Å². The van der Waals surface area contributed by atoms with Gasteiger partial charge in [0.25, 0.3) is 0 Å². The SMILES string of the molecule is NS(=O)(=O)c1ccc(CCNC(=O)CN2CCOC(c3cccc(Br)c3)C2)cc1. The van der Waals surface area contributed by atoms with Gasteiger partial charge in [-0.3, -0.25) is 9.69 Å². The standard InChI is InChI=1S/C20H24BrN3O4S/c21-17-3-1-2-16(12-17)19-13-24(10-11-28-19)14-20(25)23-9-8-15-4-6-18(7-5-15)29(22,26)27/h1-7,12,19H,8-11,13-14H2,(H,23,25)(H2,22,26,27). The molecule has 7 nitrogen and oxygen atoms in total. The second-order valence-corrected chi connectivity index (χ2v) is 9.42. The number of rotatable bonds is 7.